The second kappa shape index (κ2) is 8.10. The highest BCUT2D eigenvalue weighted by molar-refractivity contribution is 4.90. The van der Waals surface area contributed by atoms with Gasteiger partial charge in [-0.05, 0) is 31.6 Å². The molecule has 0 radical (unpaired) electrons. The molecule has 2 N–H and O–H groups in total. The lowest BCUT2D eigenvalue weighted by Gasteiger charge is -2.28. The van der Waals surface area contributed by atoms with Crippen molar-refractivity contribution >= 4 is 0 Å². The van der Waals surface area contributed by atoms with Crippen molar-refractivity contribution in [2.75, 3.05) is 13.2 Å². The number of hydrogen-bond acceptors (Lipinski definition) is 2. The van der Waals surface area contributed by atoms with E-state index in [1.54, 1.807) is 0 Å². The van der Waals surface area contributed by atoms with Gasteiger partial charge in [-0.3, -0.25) is 0 Å². The molecule has 0 heterocycles. The van der Waals surface area contributed by atoms with Crippen LogP contribution in [0.25, 0.3) is 0 Å². The lowest BCUT2D eigenvalue weighted by atomic mass is 10.0. The fourth-order valence-electron chi connectivity index (χ4n) is 2.90. The van der Waals surface area contributed by atoms with Gasteiger partial charge in [-0.15, -0.1) is 0 Å². The minimum Gasteiger partial charge on any atom is -0.374 e. The molecule has 1 rings (SSSR count). The van der Waals surface area contributed by atoms with E-state index in [2.05, 4.69) is 13.8 Å². The van der Waals surface area contributed by atoms with E-state index in [-0.39, 0.29) is 5.60 Å². The van der Waals surface area contributed by atoms with Crippen LogP contribution >= 0.6 is 0 Å². The maximum Gasteiger partial charge on any atom is 0.0806 e. The molecule has 0 aromatic carbocycles. The monoisotopic (exact) mass is 241 g/mol. The van der Waals surface area contributed by atoms with Crippen LogP contribution in [0.15, 0.2) is 0 Å². The highest BCUT2D eigenvalue weighted by Crippen LogP contribution is 2.36. The Balaban J connectivity index is 2.04. The minimum atomic E-state index is 0.0306. The van der Waals surface area contributed by atoms with Crippen molar-refractivity contribution < 1.29 is 4.74 Å². The van der Waals surface area contributed by atoms with Gasteiger partial charge in [-0.1, -0.05) is 46.0 Å². The number of hydrogen-bond donors (Lipinski definition) is 1. The second-order valence-electron chi connectivity index (χ2n) is 5.85. The molecule has 0 aliphatic heterocycles. The van der Waals surface area contributed by atoms with Crippen LogP contribution in [-0.4, -0.2) is 18.8 Å². The maximum absolute atomic E-state index is 6.09. The van der Waals surface area contributed by atoms with Crippen LogP contribution in [0.2, 0.25) is 0 Å². The zero-order valence-electron chi connectivity index (χ0n) is 11.8. The number of unbranched alkanes of at least 4 members (excludes halogenated alkanes) is 5. The fraction of sp³-hybridized carbons (Fsp3) is 1.00. The summed E-state index contributed by atoms with van der Waals surface area (Å²) in [5, 5.41) is 0. The SMILES string of the molecule is CCCCCCCCOC1(CN)CCC(C)C1. The summed E-state index contributed by atoms with van der Waals surface area (Å²) in [6, 6.07) is 0. The molecule has 1 aliphatic rings. The van der Waals surface area contributed by atoms with Crippen LogP contribution in [0.4, 0.5) is 0 Å². The highest BCUT2D eigenvalue weighted by atomic mass is 16.5. The Labute approximate surface area is 107 Å². The lowest BCUT2D eigenvalue weighted by molar-refractivity contribution is -0.0374. The van der Waals surface area contributed by atoms with Gasteiger partial charge >= 0.3 is 0 Å². The average Bonchev–Trinajstić information content (AvgIpc) is 2.71. The Bertz CT molecular complexity index is 195. The molecule has 0 saturated heterocycles. The standard InChI is InChI=1S/C15H31NO/c1-3-4-5-6-7-8-11-17-15(13-16)10-9-14(2)12-15/h14H,3-13,16H2,1-2H3. The van der Waals surface area contributed by atoms with Crippen LogP contribution in [0.3, 0.4) is 0 Å². The van der Waals surface area contributed by atoms with E-state index in [0.29, 0.717) is 6.54 Å². The molecule has 2 unspecified atom stereocenters. The normalized spacial score (nSPS) is 28.8. The van der Waals surface area contributed by atoms with Gasteiger partial charge in [0.15, 0.2) is 0 Å². The van der Waals surface area contributed by atoms with Crippen LogP contribution in [0.5, 0.6) is 0 Å². The van der Waals surface area contributed by atoms with E-state index >= 15 is 0 Å². The third-order valence-corrected chi connectivity index (χ3v) is 4.09. The van der Waals surface area contributed by atoms with Crippen molar-refractivity contribution in [2.24, 2.45) is 11.7 Å². The van der Waals surface area contributed by atoms with E-state index in [1.165, 1.54) is 57.8 Å². The Morgan fingerprint density at radius 2 is 1.88 bits per heavy atom. The van der Waals surface area contributed by atoms with E-state index in [9.17, 15) is 0 Å². The van der Waals surface area contributed by atoms with Crippen molar-refractivity contribution in [2.45, 2.75) is 77.2 Å². The van der Waals surface area contributed by atoms with Crippen molar-refractivity contribution in [1.29, 1.82) is 0 Å². The smallest absolute Gasteiger partial charge is 0.0806 e. The second-order valence-corrected chi connectivity index (χ2v) is 5.85. The molecule has 0 bridgehead atoms. The minimum absolute atomic E-state index is 0.0306. The van der Waals surface area contributed by atoms with Gasteiger partial charge in [0.1, 0.15) is 0 Å². The largest absolute Gasteiger partial charge is 0.374 e. The van der Waals surface area contributed by atoms with Crippen LogP contribution in [0, 0.1) is 5.92 Å². The third kappa shape index (κ3) is 5.39. The van der Waals surface area contributed by atoms with Gasteiger partial charge in [-0.25, -0.2) is 0 Å². The zero-order valence-corrected chi connectivity index (χ0v) is 11.8. The summed E-state index contributed by atoms with van der Waals surface area (Å²) in [7, 11) is 0. The summed E-state index contributed by atoms with van der Waals surface area (Å²) < 4.78 is 6.09. The van der Waals surface area contributed by atoms with Gasteiger partial charge in [0, 0.05) is 13.2 Å². The average molecular weight is 241 g/mol. The molecular weight excluding hydrogens is 210 g/mol. The molecule has 2 atom stereocenters. The topological polar surface area (TPSA) is 35.2 Å². The van der Waals surface area contributed by atoms with Crippen molar-refractivity contribution in [3.8, 4) is 0 Å². The summed E-state index contributed by atoms with van der Waals surface area (Å²) in [6.07, 6.45) is 11.6. The Morgan fingerprint density at radius 3 is 2.47 bits per heavy atom. The Hall–Kier alpha value is -0.0800. The Morgan fingerprint density at radius 1 is 1.18 bits per heavy atom. The first kappa shape index (κ1) is 15.0. The fourth-order valence-corrected chi connectivity index (χ4v) is 2.90. The van der Waals surface area contributed by atoms with E-state index in [0.717, 1.165) is 12.5 Å². The number of rotatable bonds is 9. The molecule has 0 spiro atoms. The molecule has 1 saturated carbocycles. The van der Waals surface area contributed by atoms with Crippen molar-refractivity contribution in [3.63, 3.8) is 0 Å². The van der Waals surface area contributed by atoms with Crippen LogP contribution < -0.4 is 5.73 Å². The summed E-state index contributed by atoms with van der Waals surface area (Å²) in [4.78, 5) is 0. The molecule has 2 heteroatoms. The first-order chi connectivity index (χ1) is 8.22. The molecular formula is C15H31NO. The molecule has 17 heavy (non-hydrogen) atoms. The van der Waals surface area contributed by atoms with Gasteiger partial charge in [0.05, 0.1) is 5.60 Å². The predicted octanol–water partition coefficient (Wildman–Crippen LogP) is 3.88. The number of ether oxygens (including phenoxy) is 1. The van der Waals surface area contributed by atoms with Crippen molar-refractivity contribution in [1.82, 2.24) is 0 Å². The van der Waals surface area contributed by atoms with Gasteiger partial charge in [0.2, 0.25) is 0 Å². The summed E-state index contributed by atoms with van der Waals surface area (Å²) >= 11 is 0. The summed E-state index contributed by atoms with van der Waals surface area (Å²) in [5.74, 6) is 0.795. The zero-order chi connectivity index (χ0) is 12.6. The molecule has 0 amide bonds. The molecule has 1 aliphatic carbocycles. The predicted molar refractivity (Wildman–Crippen MR) is 74.1 cm³/mol. The first-order valence-electron chi connectivity index (χ1n) is 7.56. The highest BCUT2D eigenvalue weighted by Gasteiger charge is 2.36. The third-order valence-electron chi connectivity index (χ3n) is 4.09. The van der Waals surface area contributed by atoms with Gasteiger partial charge in [0.25, 0.3) is 0 Å². The lowest BCUT2D eigenvalue weighted by Crippen LogP contribution is -2.38. The van der Waals surface area contributed by atoms with Crippen molar-refractivity contribution in [3.05, 3.63) is 0 Å². The molecule has 2 nitrogen and oxygen atoms in total. The number of nitrogens with two attached hydrogens (primary N) is 1. The molecule has 1 fully saturated rings. The summed E-state index contributed by atoms with van der Waals surface area (Å²) in [6.45, 7) is 6.18. The molecule has 0 aromatic rings. The molecule has 0 aromatic heterocycles. The van der Waals surface area contributed by atoms with E-state index < -0.39 is 0 Å². The van der Waals surface area contributed by atoms with Crippen LogP contribution in [-0.2, 0) is 4.74 Å². The summed E-state index contributed by atoms with van der Waals surface area (Å²) in [5.41, 5.74) is 5.92. The molecule has 102 valence electrons. The van der Waals surface area contributed by atoms with Gasteiger partial charge < -0.3 is 10.5 Å². The quantitative estimate of drug-likeness (QED) is 0.622. The van der Waals surface area contributed by atoms with E-state index in [1.807, 2.05) is 0 Å². The first-order valence-corrected chi connectivity index (χ1v) is 7.56. The maximum atomic E-state index is 6.09. The van der Waals surface area contributed by atoms with E-state index in [4.69, 9.17) is 10.5 Å². The Kier molecular flexibility index (Phi) is 7.14. The van der Waals surface area contributed by atoms with Gasteiger partial charge in [-0.2, -0.15) is 0 Å². The van der Waals surface area contributed by atoms with Crippen LogP contribution in [0.1, 0.15) is 71.6 Å².